The van der Waals surface area contributed by atoms with Crippen molar-refractivity contribution in [2.45, 2.75) is 44.0 Å². The van der Waals surface area contributed by atoms with E-state index in [1.54, 1.807) is 0 Å². The van der Waals surface area contributed by atoms with Gasteiger partial charge in [0.1, 0.15) is 0 Å². The van der Waals surface area contributed by atoms with Gasteiger partial charge in [-0.05, 0) is 24.7 Å². The maximum atomic E-state index is 10.4. The van der Waals surface area contributed by atoms with Crippen molar-refractivity contribution in [3.05, 3.63) is 23.1 Å². The molecule has 1 aliphatic carbocycles. The Kier molecular flexibility index (Phi) is 2.31. The van der Waals surface area contributed by atoms with Crippen LogP contribution in [0.5, 0.6) is 0 Å². The molecule has 2 rings (SSSR count). The molecule has 0 amide bonds. The molecule has 1 heterocycles. The minimum absolute atomic E-state index is 0.164. The predicted octanol–water partition coefficient (Wildman–Crippen LogP) is 3.11. The Hall–Kier alpha value is -0.210. The van der Waals surface area contributed by atoms with Crippen LogP contribution in [0, 0.1) is 5.92 Å². The molecule has 2 aliphatic rings. The smallest absolute Gasteiger partial charge is 0.0709 e. The lowest BCUT2D eigenvalue weighted by Gasteiger charge is -2.46. The van der Waals surface area contributed by atoms with Gasteiger partial charge in [0.25, 0.3) is 0 Å². The highest BCUT2D eigenvalue weighted by atomic mass is 32.2. The molecule has 1 aliphatic heterocycles. The topological polar surface area (TPSA) is 20.2 Å². The summed E-state index contributed by atoms with van der Waals surface area (Å²) in [6.07, 6.45) is 8.29. The molecule has 1 N–H and O–H groups in total. The Morgan fingerprint density at radius 1 is 1.43 bits per heavy atom. The number of hydrogen-bond donors (Lipinski definition) is 1. The Balaban J connectivity index is 2.33. The van der Waals surface area contributed by atoms with Crippen molar-refractivity contribution in [3.8, 4) is 0 Å². The van der Waals surface area contributed by atoms with E-state index in [9.17, 15) is 5.11 Å². The first-order valence-corrected chi connectivity index (χ1v) is 6.00. The fraction of sp³-hybridized carbons (Fsp3) is 0.667. The summed E-state index contributed by atoms with van der Waals surface area (Å²) in [4.78, 5) is 1.36. The molecular weight excluding hydrogens is 192 g/mol. The highest BCUT2D eigenvalue weighted by molar-refractivity contribution is 8.04. The van der Waals surface area contributed by atoms with Gasteiger partial charge in [-0.2, -0.15) is 0 Å². The molecule has 0 bridgehead atoms. The summed E-state index contributed by atoms with van der Waals surface area (Å²) in [7, 11) is 0. The molecule has 0 saturated carbocycles. The van der Waals surface area contributed by atoms with Crippen LogP contribution in [0.15, 0.2) is 23.1 Å². The van der Waals surface area contributed by atoms with Crippen molar-refractivity contribution in [3.63, 3.8) is 0 Å². The summed E-state index contributed by atoms with van der Waals surface area (Å²) in [5, 5.41) is 10.4. The molecule has 1 saturated heterocycles. The first kappa shape index (κ1) is 10.3. The molecule has 2 heteroatoms. The molecule has 1 nitrogen and oxygen atoms in total. The van der Waals surface area contributed by atoms with E-state index in [0.29, 0.717) is 5.92 Å². The van der Waals surface area contributed by atoms with Crippen LogP contribution in [0.3, 0.4) is 0 Å². The van der Waals surface area contributed by atoms with Crippen molar-refractivity contribution >= 4 is 11.8 Å². The molecule has 0 aromatic carbocycles. The normalized spacial score (nSPS) is 40.3. The van der Waals surface area contributed by atoms with E-state index in [0.717, 1.165) is 12.8 Å². The van der Waals surface area contributed by atoms with Gasteiger partial charge in [-0.1, -0.05) is 32.1 Å². The Morgan fingerprint density at radius 2 is 2.14 bits per heavy atom. The van der Waals surface area contributed by atoms with Crippen molar-refractivity contribution in [2.24, 2.45) is 5.92 Å². The van der Waals surface area contributed by atoms with Crippen LogP contribution in [0.1, 0.15) is 33.6 Å². The molecule has 0 aromatic heterocycles. The fourth-order valence-electron chi connectivity index (χ4n) is 2.62. The Morgan fingerprint density at radius 3 is 2.86 bits per heavy atom. The summed E-state index contributed by atoms with van der Waals surface area (Å²) >= 11 is 1.92. The third kappa shape index (κ3) is 1.78. The van der Waals surface area contributed by atoms with Gasteiger partial charge >= 0.3 is 0 Å². The van der Waals surface area contributed by atoms with Gasteiger partial charge in [0.2, 0.25) is 0 Å². The Labute approximate surface area is 90.3 Å². The zero-order valence-electron chi connectivity index (χ0n) is 9.08. The van der Waals surface area contributed by atoms with E-state index in [4.69, 9.17) is 0 Å². The molecule has 0 radical (unpaired) electrons. The SMILES string of the molecule is CC1(C)C[C@@](C)(O)[C@@H]2CC=CC=C2S1. The van der Waals surface area contributed by atoms with Crippen molar-refractivity contribution < 1.29 is 5.11 Å². The van der Waals surface area contributed by atoms with Gasteiger partial charge in [-0.15, -0.1) is 11.8 Å². The van der Waals surface area contributed by atoms with Gasteiger partial charge in [0.15, 0.2) is 0 Å². The highest BCUT2D eigenvalue weighted by Gasteiger charge is 2.45. The molecule has 14 heavy (non-hydrogen) atoms. The monoisotopic (exact) mass is 210 g/mol. The lowest BCUT2D eigenvalue weighted by atomic mass is 9.78. The zero-order chi connectivity index (χ0) is 10.4. The number of hydrogen-bond acceptors (Lipinski definition) is 2. The fourth-order valence-corrected chi connectivity index (χ4v) is 4.26. The number of rotatable bonds is 0. The molecule has 78 valence electrons. The molecule has 2 atom stereocenters. The maximum absolute atomic E-state index is 10.4. The number of allylic oxidation sites excluding steroid dienone is 3. The van der Waals surface area contributed by atoms with Gasteiger partial charge in [0, 0.05) is 10.7 Å². The average molecular weight is 210 g/mol. The molecule has 0 unspecified atom stereocenters. The van der Waals surface area contributed by atoms with Crippen LogP contribution in [-0.4, -0.2) is 15.5 Å². The van der Waals surface area contributed by atoms with Crippen LogP contribution >= 0.6 is 11.8 Å². The molecule has 0 spiro atoms. The van der Waals surface area contributed by atoms with Crippen LogP contribution in [0.4, 0.5) is 0 Å². The van der Waals surface area contributed by atoms with Gasteiger partial charge in [-0.3, -0.25) is 0 Å². The second-order valence-corrected chi connectivity index (χ2v) is 6.96. The van der Waals surface area contributed by atoms with E-state index in [1.807, 2.05) is 18.7 Å². The minimum atomic E-state index is -0.536. The largest absolute Gasteiger partial charge is 0.389 e. The van der Waals surface area contributed by atoms with Gasteiger partial charge < -0.3 is 5.11 Å². The average Bonchev–Trinajstić information content (AvgIpc) is 2.00. The van der Waals surface area contributed by atoms with E-state index in [2.05, 4.69) is 32.1 Å². The summed E-state index contributed by atoms with van der Waals surface area (Å²) in [6.45, 7) is 6.40. The van der Waals surface area contributed by atoms with Crippen LogP contribution in [0.2, 0.25) is 0 Å². The summed E-state index contributed by atoms with van der Waals surface area (Å²) in [6, 6.07) is 0. The second kappa shape index (κ2) is 3.14. The lowest BCUT2D eigenvalue weighted by molar-refractivity contribution is -0.00178. The molecule has 0 aromatic rings. The highest BCUT2D eigenvalue weighted by Crippen LogP contribution is 2.52. The minimum Gasteiger partial charge on any atom is -0.389 e. The first-order valence-electron chi connectivity index (χ1n) is 5.19. The lowest BCUT2D eigenvalue weighted by Crippen LogP contribution is -2.45. The van der Waals surface area contributed by atoms with E-state index >= 15 is 0 Å². The third-order valence-electron chi connectivity index (χ3n) is 3.04. The maximum Gasteiger partial charge on any atom is 0.0709 e. The van der Waals surface area contributed by atoms with Crippen molar-refractivity contribution in [1.82, 2.24) is 0 Å². The van der Waals surface area contributed by atoms with Crippen LogP contribution < -0.4 is 0 Å². The summed E-state index contributed by atoms with van der Waals surface area (Å²) in [5.41, 5.74) is -0.536. The van der Waals surface area contributed by atoms with Crippen molar-refractivity contribution in [2.75, 3.05) is 0 Å². The summed E-state index contributed by atoms with van der Waals surface area (Å²) in [5.74, 6) is 0.325. The standard InChI is InChI=1S/C12H18OS/c1-11(2)8-12(3,13)9-6-4-5-7-10(9)14-11/h4-5,7,9,13H,6,8H2,1-3H3/t9-,12-/m1/s1. The van der Waals surface area contributed by atoms with Crippen LogP contribution in [-0.2, 0) is 0 Å². The van der Waals surface area contributed by atoms with E-state index < -0.39 is 5.60 Å². The first-order chi connectivity index (χ1) is 6.41. The van der Waals surface area contributed by atoms with Crippen LogP contribution in [0.25, 0.3) is 0 Å². The second-order valence-electron chi connectivity index (χ2n) is 5.18. The molecule has 1 fully saturated rings. The van der Waals surface area contributed by atoms with E-state index in [1.165, 1.54) is 4.91 Å². The van der Waals surface area contributed by atoms with Gasteiger partial charge in [0.05, 0.1) is 5.60 Å². The Bertz CT molecular complexity index is 299. The number of fused-ring (bicyclic) bond motifs is 1. The van der Waals surface area contributed by atoms with Gasteiger partial charge in [-0.25, -0.2) is 0 Å². The third-order valence-corrected chi connectivity index (χ3v) is 4.39. The quantitative estimate of drug-likeness (QED) is 0.663. The van der Waals surface area contributed by atoms with Crippen molar-refractivity contribution in [1.29, 1.82) is 0 Å². The molecular formula is C12H18OS. The number of aliphatic hydroxyl groups is 1. The van der Waals surface area contributed by atoms with E-state index in [-0.39, 0.29) is 4.75 Å². The number of thioether (sulfide) groups is 1. The predicted molar refractivity (Wildman–Crippen MR) is 62.2 cm³/mol. The summed E-state index contributed by atoms with van der Waals surface area (Å²) < 4.78 is 0.164. The zero-order valence-corrected chi connectivity index (χ0v) is 9.90.